The van der Waals surface area contributed by atoms with Crippen LogP contribution in [0.25, 0.3) is 0 Å². The molecule has 1 aromatic heterocycles. The first-order valence-electron chi connectivity index (χ1n) is 8.32. The largest absolute Gasteiger partial charge is 0.381 e. The molecule has 0 spiro atoms. The lowest BCUT2D eigenvalue weighted by Gasteiger charge is -2.37. The van der Waals surface area contributed by atoms with Gasteiger partial charge in [-0.1, -0.05) is 30.3 Å². The molecule has 0 N–H and O–H groups in total. The first-order chi connectivity index (χ1) is 11.7. The minimum absolute atomic E-state index is 0.0462. The second-order valence-corrected chi connectivity index (χ2v) is 6.31. The third-order valence-electron chi connectivity index (χ3n) is 4.59. The van der Waals surface area contributed by atoms with Crippen molar-refractivity contribution in [1.82, 2.24) is 14.9 Å². The van der Waals surface area contributed by atoms with Gasteiger partial charge in [-0.15, -0.1) is 0 Å². The predicted molar refractivity (Wildman–Crippen MR) is 91.7 cm³/mol. The lowest BCUT2D eigenvalue weighted by atomic mass is 9.88. The van der Waals surface area contributed by atoms with Gasteiger partial charge in [-0.3, -0.25) is 9.78 Å². The molecular weight excluding hydrogens is 302 g/mol. The number of aromatic nitrogens is 2. The molecule has 0 radical (unpaired) electrons. The van der Waals surface area contributed by atoms with Crippen LogP contribution in [-0.2, 0) is 11.2 Å². The Labute approximate surface area is 142 Å². The zero-order valence-corrected chi connectivity index (χ0v) is 14.2. The van der Waals surface area contributed by atoms with Crippen molar-refractivity contribution < 1.29 is 9.53 Å². The van der Waals surface area contributed by atoms with E-state index >= 15 is 0 Å². The molecular formula is C19H23N3O2. The standard InChI is InChI=1S/C19H23N3O2/c1-14-11-21-17(12-20-14)19(23)22-9-8-18(24-2)16(13-22)10-15-6-4-3-5-7-15/h3-7,11-12,16,18H,8-10,13H2,1-2H3/t16-,18+/m0/s1. The molecule has 1 aliphatic rings. The van der Waals surface area contributed by atoms with Gasteiger partial charge in [-0.05, 0) is 25.3 Å². The van der Waals surface area contributed by atoms with Crippen molar-refractivity contribution in [3.8, 4) is 0 Å². The fraction of sp³-hybridized carbons (Fsp3) is 0.421. The molecule has 0 aliphatic carbocycles. The summed E-state index contributed by atoms with van der Waals surface area (Å²) < 4.78 is 5.66. The van der Waals surface area contributed by atoms with E-state index in [-0.39, 0.29) is 17.9 Å². The van der Waals surface area contributed by atoms with Gasteiger partial charge in [0, 0.05) is 32.3 Å². The van der Waals surface area contributed by atoms with Gasteiger partial charge in [0.05, 0.1) is 18.0 Å². The van der Waals surface area contributed by atoms with Crippen LogP contribution >= 0.6 is 0 Å². The summed E-state index contributed by atoms with van der Waals surface area (Å²) in [5.41, 5.74) is 2.50. The maximum absolute atomic E-state index is 12.7. The zero-order chi connectivity index (χ0) is 16.9. The molecule has 0 bridgehead atoms. The van der Waals surface area contributed by atoms with Crippen LogP contribution < -0.4 is 0 Å². The summed E-state index contributed by atoms with van der Waals surface area (Å²) in [7, 11) is 1.76. The number of carbonyl (C=O) groups is 1. The average Bonchev–Trinajstić information content (AvgIpc) is 2.62. The Morgan fingerprint density at radius 1 is 1.25 bits per heavy atom. The number of ether oxygens (including phenoxy) is 1. The fourth-order valence-electron chi connectivity index (χ4n) is 3.28. The summed E-state index contributed by atoms with van der Waals surface area (Å²) in [5, 5.41) is 0. The van der Waals surface area contributed by atoms with E-state index in [0.717, 1.165) is 18.5 Å². The molecule has 1 aromatic carbocycles. The smallest absolute Gasteiger partial charge is 0.274 e. The molecule has 3 rings (SSSR count). The molecule has 126 valence electrons. The highest BCUT2D eigenvalue weighted by Crippen LogP contribution is 2.24. The molecule has 0 saturated carbocycles. The Morgan fingerprint density at radius 2 is 2.04 bits per heavy atom. The molecule has 2 aromatic rings. The van der Waals surface area contributed by atoms with Crippen LogP contribution in [0.3, 0.4) is 0 Å². The number of nitrogens with zero attached hydrogens (tertiary/aromatic N) is 3. The van der Waals surface area contributed by atoms with E-state index in [9.17, 15) is 4.79 Å². The lowest BCUT2D eigenvalue weighted by Crippen LogP contribution is -2.47. The van der Waals surface area contributed by atoms with Crippen molar-refractivity contribution in [3.05, 3.63) is 59.7 Å². The van der Waals surface area contributed by atoms with E-state index in [1.165, 1.54) is 5.56 Å². The van der Waals surface area contributed by atoms with Crippen LogP contribution in [-0.4, -0.2) is 47.1 Å². The number of benzene rings is 1. The summed E-state index contributed by atoms with van der Waals surface area (Å²) in [6, 6.07) is 10.4. The SMILES string of the molecule is CO[C@@H]1CCN(C(=O)c2cnc(C)cn2)C[C@@H]1Cc1ccccc1. The Bertz CT molecular complexity index is 673. The number of hydrogen-bond acceptors (Lipinski definition) is 4. The number of methoxy groups -OCH3 is 1. The van der Waals surface area contributed by atoms with Gasteiger partial charge < -0.3 is 9.64 Å². The van der Waals surface area contributed by atoms with Gasteiger partial charge in [0.1, 0.15) is 5.69 Å². The Morgan fingerprint density at radius 3 is 2.71 bits per heavy atom. The second kappa shape index (κ2) is 7.53. The average molecular weight is 325 g/mol. The third kappa shape index (κ3) is 3.79. The zero-order valence-electron chi connectivity index (χ0n) is 14.2. The van der Waals surface area contributed by atoms with Crippen LogP contribution in [0.1, 0.15) is 28.2 Å². The summed E-state index contributed by atoms with van der Waals surface area (Å²) in [4.78, 5) is 23.0. The molecule has 24 heavy (non-hydrogen) atoms. The second-order valence-electron chi connectivity index (χ2n) is 6.31. The van der Waals surface area contributed by atoms with Crippen molar-refractivity contribution in [2.24, 2.45) is 5.92 Å². The molecule has 5 nitrogen and oxygen atoms in total. The third-order valence-corrected chi connectivity index (χ3v) is 4.59. The first-order valence-corrected chi connectivity index (χ1v) is 8.32. The minimum Gasteiger partial charge on any atom is -0.381 e. The number of piperidine rings is 1. The van der Waals surface area contributed by atoms with E-state index in [1.54, 1.807) is 19.5 Å². The van der Waals surface area contributed by atoms with Crippen LogP contribution in [0.4, 0.5) is 0 Å². The van der Waals surface area contributed by atoms with Gasteiger partial charge in [0.15, 0.2) is 0 Å². The topological polar surface area (TPSA) is 55.3 Å². The van der Waals surface area contributed by atoms with Gasteiger partial charge in [0.25, 0.3) is 5.91 Å². The summed E-state index contributed by atoms with van der Waals surface area (Å²) in [6.07, 6.45) is 5.13. The van der Waals surface area contributed by atoms with Crippen LogP contribution in [0, 0.1) is 12.8 Å². The molecule has 1 fully saturated rings. The number of carbonyl (C=O) groups excluding carboxylic acids is 1. The van der Waals surface area contributed by atoms with Crippen LogP contribution in [0.2, 0.25) is 0 Å². The number of hydrogen-bond donors (Lipinski definition) is 0. The van der Waals surface area contributed by atoms with Crippen molar-refractivity contribution in [3.63, 3.8) is 0 Å². The number of aryl methyl sites for hydroxylation is 1. The van der Waals surface area contributed by atoms with Crippen LogP contribution in [0.15, 0.2) is 42.7 Å². The number of likely N-dealkylation sites (tertiary alicyclic amines) is 1. The number of amides is 1. The lowest BCUT2D eigenvalue weighted by molar-refractivity contribution is -0.00318. The molecule has 2 atom stereocenters. The van der Waals surface area contributed by atoms with Crippen molar-refractivity contribution in [2.75, 3.05) is 20.2 Å². The summed E-state index contributed by atoms with van der Waals surface area (Å²) in [5.74, 6) is 0.239. The van der Waals surface area contributed by atoms with E-state index in [0.29, 0.717) is 18.8 Å². The minimum atomic E-state index is -0.0462. The van der Waals surface area contributed by atoms with Crippen molar-refractivity contribution in [1.29, 1.82) is 0 Å². The number of rotatable bonds is 4. The van der Waals surface area contributed by atoms with Crippen LogP contribution in [0.5, 0.6) is 0 Å². The summed E-state index contributed by atoms with van der Waals surface area (Å²) in [6.45, 7) is 3.24. The van der Waals surface area contributed by atoms with E-state index in [1.807, 2.05) is 30.0 Å². The van der Waals surface area contributed by atoms with Crippen molar-refractivity contribution in [2.45, 2.75) is 25.9 Å². The molecule has 5 heteroatoms. The highest BCUT2D eigenvalue weighted by molar-refractivity contribution is 5.92. The molecule has 2 heterocycles. The first kappa shape index (κ1) is 16.6. The molecule has 1 aliphatic heterocycles. The van der Waals surface area contributed by atoms with Gasteiger partial charge in [0.2, 0.25) is 0 Å². The van der Waals surface area contributed by atoms with Gasteiger partial charge in [-0.25, -0.2) is 4.98 Å². The van der Waals surface area contributed by atoms with E-state index in [2.05, 4.69) is 22.1 Å². The normalized spacial score (nSPS) is 20.8. The highest BCUT2D eigenvalue weighted by atomic mass is 16.5. The van der Waals surface area contributed by atoms with Crippen molar-refractivity contribution >= 4 is 5.91 Å². The van der Waals surface area contributed by atoms with Gasteiger partial charge in [-0.2, -0.15) is 0 Å². The predicted octanol–water partition coefficient (Wildman–Crippen LogP) is 2.50. The maximum Gasteiger partial charge on any atom is 0.274 e. The quantitative estimate of drug-likeness (QED) is 0.867. The van der Waals surface area contributed by atoms with E-state index in [4.69, 9.17) is 4.74 Å². The highest BCUT2D eigenvalue weighted by Gasteiger charge is 2.32. The Balaban J connectivity index is 1.72. The van der Waals surface area contributed by atoms with E-state index < -0.39 is 0 Å². The Kier molecular flexibility index (Phi) is 5.20. The Hall–Kier alpha value is -2.27. The monoisotopic (exact) mass is 325 g/mol. The summed E-state index contributed by atoms with van der Waals surface area (Å²) >= 11 is 0. The van der Waals surface area contributed by atoms with Gasteiger partial charge >= 0.3 is 0 Å². The fourth-order valence-corrected chi connectivity index (χ4v) is 3.28. The maximum atomic E-state index is 12.7. The molecule has 0 unspecified atom stereocenters. The molecule has 1 saturated heterocycles. The molecule has 1 amide bonds.